The van der Waals surface area contributed by atoms with Crippen molar-refractivity contribution in [2.75, 3.05) is 38.6 Å². The number of thiocarbonyl (C=S) groups is 1. The zero-order valence-corrected chi connectivity index (χ0v) is 24.7. The summed E-state index contributed by atoms with van der Waals surface area (Å²) in [4.78, 5) is 81.8. The van der Waals surface area contributed by atoms with Gasteiger partial charge in [0.25, 0.3) is 11.8 Å². The molecule has 1 unspecified atom stereocenters. The highest BCUT2D eigenvalue weighted by Gasteiger charge is 2.54. The van der Waals surface area contributed by atoms with Crippen molar-refractivity contribution < 1.29 is 38.2 Å². The number of hydrogen-bond acceptors (Lipinski definition) is 12. The molecule has 16 nitrogen and oxygen atoms in total. The first-order chi connectivity index (χ1) is 20.4. The molecule has 0 spiro atoms. The van der Waals surface area contributed by atoms with Crippen molar-refractivity contribution in [3.8, 4) is 0 Å². The van der Waals surface area contributed by atoms with Crippen LogP contribution < -0.4 is 22.1 Å². The highest BCUT2D eigenvalue weighted by molar-refractivity contribution is 8.00. The second-order valence-corrected chi connectivity index (χ2v) is 11.4. The van der Waals surface area contributed by atoms with E-state index in [4.69, 9.17) is 21.6 Å². The smallest absolute Gasteiger partial charge is 0.355 e. The Morgan fingerprint density at radius 1 is 1.23 bits per heavy atom. The van der Waals surface area contributed by atoms with Gasteiger partial charge in [-0.25, -0.2) is 9.79 Å². The van der Waals surface area contributed by atoms with Crippen LogP contribution in [-0.4, -0.2) is 118 Å². The average Bonchev–Trinajstić information content (AvgIpc) is 3.62. The fraction of sp³-hybridized carbons (Fsp3) is 0.480. The number of rotatable bonds is 10. The van der Waals surface area contributed by atoms with Crippen LogP contribution in [0.1, 0.15) is 19.8 Å². The molecule has 4 heterocycles. The van der Waals surface area contributed by atoms with E-state index in [0.717, 1.165) is 24.8 Å². The molecular formula is C25H30N8O8S2. The number of fused-ring (bicyclic) bond motifs is 1. The van der Waals surface area contributed by atoms with Crippen molar-refractivity contribution in [3.05, 3.63) is 22.9 Å². The van der Waals surface area contributed by atoms with E-state index in [-0.39, 0.29) is 28.5 Å². The summed E-state index contributed by atoms with van der Waals surface area (Å²) in [5.41, 5.74) is 10.7. The molecule has 43 heavy (non-hydrogen) atoms. The van der Waals surface area contributed by atoms with Gasteiger partial charge in [0.05, 0.1) is 0 Å². The fourth-order valence-electron chi connectivity index (χ4n) is 4.92. The van der Waals surface area contributed by atoms with Crippen molar-refractivity contribution in [1.82, 2.24) is 20.4 Å². The molecule has 4 rings (SSSR count). The number of thioether (sulfide) groups is 1. The van der Waals surface area contributed by atoms with Crippen LogP contribution in [0, 0.1) is 5.41 Å². The van der Waals surface area contributed by atoms with E-state index in [1.807, 2.05) is 0 Å². The number of amidine groups is 1. The molecule has 0 aromatic rings. The zero-order chi connectivity index (χ0) is 31.4. The van der Waals surface area contributed by atoms with Crippen molar-refractivity contribution >= 4 is 76.1 Å². The predicted molar refractivity (Wildman–Crippen MR) is 156 cm³/mol. The molecule has 7 N–H and O–H groups in total. The summed E-state index contributed by atoms with van der Waals surface area (Å²) in [6.45, 7) is 1.84. The van der Waals surface area contributed by atoms with Gasteiger partial charge < -0.3 is 36.5 Å². The molecule has 0 aliphatic carbocycles. The van der Waals surface area contributed by atoms with Gasteiger partial charge in [-0.15, -0.1) is 11.8 Å². The van der Waals surface area contributed by atoms with E-state index in [0.29, 0.717) is 30.7 Å². The van der Waals surface area contributed by atoms with Crippen molar-refractivity contribution in [3.63, 3.8) is 0 Å². The number of likely N-dealkylation sites (tertiary alicyclic amines) is 1. The van der Waals surface area contributed by atoms with Crippen LogP contribution in [0.25, 0.3) is 0 Å². The van der Waals surface area contributed by atoms with Crippen LogP contribution in [0.3, 0.4) is 0 Å². The van der Waals surface area contributed by atoms with Gasteiger partial charge in [-0.2, -0.15) is 0 Å². The lowest BCUT2D eigenvalue weighted by Gasteiger charge is -2.49. The van der Waals surface area contributed by atoms with Gasteiger partial charge in [-0.3, -0.25) is 34.3 Å². The molecule has 3 amide bonds. The number of carbonyl (C=O) groups excluding carboxylic acids is 6. The largest absolute Gasteiger partial charge is 0.458 e. The van der Waals surface area contributed by atoms with E-state index in [1.54, 1.807) is 11.0 Å². The van der Waals surface area contributed by atoms with Crippen LogP contribution in [0.4, 0.5) is 0 Å². The Kier molecular flexibility index (Phi) is 9.92. The number of hydrogen-bond donors (Lipinski definition) is 5. The topological polar surface area (TPSA) is 240 Å². The molecule has 0 saturated carbocycles. The highest BCUT2D eigenvalue weighted by atomic mass is 32.2. The summed E-state index contributed by atoms with van der Waals surface area (Å²) in [5, 5.41) is 12.4. The van der Waals surface area contributed by atoms with E-state index in [2.05, 4.69) is 32.6 Å². The highest BCUT2D eigenvalue weighted by Crippen LogP contribution is 2.41. The standard InChI is InChI=1S/C25H30N8O8S2/c1-11(34)40-8-15(35)9-41-24(39)18-13(6-12-3-5-32(21(12)37)14-2-4-29-7-14)10-43-23-17(22(38)33(18)23)30-20(36)16(26)19(27)31-25(28)42/h6,14,17,23,26,29H,2-5,7-10H2,1H3,(H,30,36)(H4,27,28,31,42)/b12-6+,26-16?/t14?,17-,23-/m1/s1. The minimum absolute atomic E-state index is 0.0738. The maximum atomic E-state index is 13.3. The minimum Gasteiger partial charge on any atom is -0.458 e. The molecule has 18 heteroatoms. The molecular weight excluding hydrogens is 604 g/mol. The third kappa shape index (κ3) is 7.08. The van der Waals surface area contributed by atoms with E-state index in [1.165, 1.54) is 11.8 Å². The summed E-state index contributed by atoms with van der Waals surface area (Å²) in [6, 6.07) is -1.05. The van der Waals surface area contributed by atoms with Gasteiger partial charge in [0.1, 0.15) is 17.1 Å². The molecule has 4 aliphatic rings. The Morgan fingerprint density at radius 2 is 1.95 bits per heavy atom. The molecule has 3 fully saturated rings. The van der Waals surface area contributed by atoms with Crippen molar-refractivity contribution in [2.45, 2.75) is 37.2 Å². The number of nitrogens with zero attached hydrogens (tertiary/aromatic N) is 3. The van der Waals surface area contributed by atoms with Crippen LogP contribution in [0.15, 0.2) is 27.9 Å². The molecule has 3 atom stereocenters. The quantitative estimate of drug-likeness (QED) is 0.0416. The van der Waals surface area contributed by atoms with E-state index in [9.17, 15) is 28.8 Å². The number of nitrogens with two attached hydrogens (primary N) is 2. The Bertz CT molecular complexity index is 1390. The van der Waals surface area contributed by atoms with E-state index < -0.39 is 65.7 Å². The lowest BCUT2D eigenvalue weighted by molar-refractivity contribution is -0.155. The number of aliphatic imine (C=N–C) groups is 1. The summed E-state index contributed by atoms with van der Waals surface area (Å²) in [7, 11) is 0. The number of esters is 2. The van der Waals surface area contributed by atoms with Gasteiger partial charge in [0.2, 0.25) is 11.7 Å². The number of β-lactam (4-membered cyclic amide) rings is 1. The molecule has 4 aliphatic heterocycles. The third-order valence-corrected chi connectivity index (χ3v) is 8.37. The van der Waals surface area contributed by atoms with Gasteiger partial charge >= 0.3 is 11.9 Å². The Labute approximate surface area is 255 Å². The van der Waals surface area contributed by atoms with Crippen LogP contribution in [-0.2, 0) is 38.2 Å². The van der Waals surface area contributed by atoms with E-state index >= 15 is 0 Å². The maximum absolute atomic E-state index is 13.3. The zero-order valence-electron chi connectivity index (χ0n) is 23.0. The number of ether oxygens (including phenoxy) is 2. The Morgan fingerprint density at radius 3 is 2.60 bits per heavy atom. The number of ketones is 1. The second kappa shape index (κ2) is 13.4. The van der Waals surface area contributed by atoms with Gasteiger partial charge in [-0.1, -0.05) is 0 Å². The lowest BCUT2D eigenvalue weighted by Crippen LogP contribution is -2.71. The van der Waals surface area contributed by atoms with Crippen LogP contribution in [0.2, 0.25) is 0 Å². The lowest BCUT2D eigenvalue weighted by atomic mass is 10.0. The minimum atomic E-state index is -1.13. The number of nitrogens with one attached hydrogen (secondary N) is 3. The van der Waals surface area contributed by atoms with Gasteiger partial charge in [0, 0.05) is 37.4 Å². The molecule has 0 bridgehead atoms. The van der Waals surface area contributed by atoms with Gasteiger partial charge in [0.15, 0.2) is 29.9 Å². The average molecular weight is 635 g/mol. The first-order valence-electron chi connectivity index (χ1n) is 13.1. The second-order valence-electron chi connectivity index (χ2n) is 9.90. The SMILES string of the molecule is CC(=O)OCC(=O)COC(=O)C1=C(/C=C2\CCN(C3CCNC3)C2=O)CS[C@@H]2[C@H](NC(=O)C(=N)C(N)=NC(N)=S)C(=O)N12. The van der Waals surface area contributed by atoms with Crippen LogP contribution >= 0.6 is 24.0 Å². The van der Waals surface area contributed by atoms with Crippen molar-refractivity contribution in [1.29, 1.82) is 5.41 Å². The molecule has 230 valence electrons. The first-order valence-corrected chi connectivity index (χ1v) is 14.6. The molecule has 0 radical (unpaired) electrons. The number of amides is 3. The number of allylic oxidation sites excluding steroid dienone is 1. The molecule has 3 saturated heterocycles. The number of Topliss-reactive ketones (excluding diaryl/α,β-unsaturated/α-hetero) is 1. The molecule has 0 aromatic carbocycles. The fourth-order valence-corrected chi connectivity index (χ4v) is 6.32. The monoisotopic (exact) mass is 634 g/mol. The van der Waals surface area contributed by atoms with Crippen LogP contribution in [0.5, 0.6) is 0 Å². The summed E-state index contributed by atoms with van der Waals surface area (Å²) < 4.78 is 9.80. The van der Waals surface area contributed by atoms with Gasteiger partial charge in [-0.05, 0) is 43.3 Å². The predicted octanol–water partition coefficient (Wildman–Crippen LogP) is -2.54. The maximum Gasteiger partial charge on any atom is 0.355 e. The third-order valence-electron chi connectivity index (χ3n) is 6.97. The Hall–Kier alpha value is -4.16. The normalized spacial score (nSPS) is 24.4. The first kappa shape index (κ1) is 31.8. The van der Waals surface area contributed by atoms with Crippen molar-refractivity contribution in [2.24, 2.45) is 16.5 Å². The summed E-state index contributed by atoms with van der Waals surface area (Å²) >= 11 is 5.81. The molecule has 0 aromatic heterocycles. The number of carbonyl (C=O) groups is 6. The summed E-state index contributed by atoms with van der Waals surface area (Å²) in [5.74, 6) is -4.60. The Balaban J connectivity index is 1.55. The summed E-state index contributed by atoms with van der Waals surface area (Å²) in [6.07, 6.45) is 2.86.